The van der Waals surface area contributed by atoms with Gasteiger partial charge in [0, 0.05) is 11.6 Å². The number of esters is 1. The van der Waals surface area contributed by atoms with E-state index in [0.29, 0.717) is 28.1 Å². The number of hydrogen-bond acceptors (Lipinski definition) is 4. The molecule has 3 rings (SSSR count). The van der Waals surface area contributed by atoms with Crippen molar-refractivity contribution in [2.24, 2.45) is 0 Å². The van der Waals surface area contributed by atoms with Crippen molar-refractivity contribution in [3.8, 4) is 0 Å². The average molecular weight is 526 g/mol. The number of carbonyl (C=O) groups excluding carboxylic acids is 1. The highest BCUT2D eigenvalue weighted by atomic mass is 35.5. The molecule has 3 aromatic carbocycles. The molecule has 0 saturated carbocycles. The summed E-state index contributed by atoms with van der Waals surface area (Å²) in [7, 11) is -2.83. The number of nitrogens with zero attached hydrogens (tertiary/aromatic N) is 1. The number of benzene rings is 3. The molecule has 0 saturated heterocycles. The quantitative estimate of drug-likeness (QED) is 0.315. The van der Waals surface area contributed by atoms with E-state index in [1.54, 1.807) is 19.1 Å². The van der Waals surface area contributed by atoms with Gasteiger partial charge >= 0.3 is 12.1 Å². The van der Waals surface area contributed by atoms with Crippen LogP contribution in [-0.2, 0) is 27.5 Å². The van der Waals surface area contributed by atoms with E-state index in [1.165, 1.54) is 59.9 Å². The number of methoxy groups -OCH3 is 1. The van der Waals surface area contributed by atoms with E-state index in [2.05, 4.69) is 4.74 Å². The second-order valence-electron chi connectivity index (χ2n) is 7.74. The smallest absolute Gasteiger partial charge is 0.416 e. The molecule has 10 heteroatoms. The predicted molar refractivity (Wildman–Crippen MR) is 126 cm³/mol. The summed E-state index contributed by atoms with van der Waals surface area (Å²) >= 11 is 5.92. The van der Waals surface area contributed by atoms with Gasteiger partial charge in [-0.05, 0) is 66.1 Å². The number of rotatable bonds is 8. The molecule has 0 aliphatic carbocycles. The molecule has 0 radical (unpaired) electrons. The summed E-state index contributed by atoms with van der Waals surface area (Å²) < 4.78 is 72.5. The first kappa shape index (κ1) is 26.7. The van der Waals surface area contributed by atoms with Crippen LogP contribution in [0.25, 0.3) is 0 Å². The maximum absolute atomic E-state index is 13.7. The van der Waals surface area contributed by atoms with Crippen molar-refractivity contribution in [2.75, 3.05) is 7.11 Å². The summed E-state index contributed by atoms with van der Waals surface area (Å²) in [6.07, 6.45) is -4.20. The van der Waals surface area contributed by atoms with Crippen LogP contribution in [0.3, 0.4) is 0 Å². The van der Waals surface area contributed by atoms with E-state index >= 15 is 0 Å². The summed E-state index contributed by atoms with van der Waals surface area (Å²) in [5.41, 5.74) is 0.490. The minimum Gasteiger partial charge on any atom is -0.465 e. The van der Waals surface area contributed by atoms with Gasteiger partial charge < -0.3 is 4.74 Å². The van der Waals surface area contributed by atoms with Crippen molar-refractivity contribution in [3.05, 3.63) is 100 Å². The van der Waals surface area contributed by atoms with Gasteiger partial charge in [-0.2, -0.15) is 17.5 Å². The van der Waals surface area contributed by atoms with Crippen molar-refractivity contribution in [1.82, 2.24) is 4.31 Å². The molecule has 0 N–H and O–H groups in total. The molecule has 0 fully saturated rings. The highest BCUT2D eigenvalue weighted by Gasteiger charge is 2.34. The van der Waals surface area contributed by atoms with E-state index in [9.17, 15) is 26.4 Å². The van der Waals surface area contributed by atoms with Gasteiger partial charge in [-0.1, -0.05) is 42.8 Å². The van der Waals surface area contributed by atoms with Gasteiger partial charge in [-0.25, -0.2) is 13.2 Å². The molecule has 0 bridgehead atoms. The van der Waals surface area contributed by atoms with E-state index in [-0.39, 0.29) is 11.4 Å². The van der Waals surface area contributed by atoms with Crippen LogP contribution >= 0.6 is 11.6 Å². The molecule has 0 amide bonds. The first-order valence-electron chi connectivity index (χ1n) is 10.6. The van der Waals surface area contributed by atoms with Crippen LogP contribution in [-0.4, -0.2) is 25.8 Å². The Labute approximate surface area is 207 Å². The zero-order valence-corrected chi connectivity index (χ0v) is 20.5. The minimum atomic E-state index is -4.50. The Morgan fingerprint density at radius 1 is 0.971 bits per heavy atom. The van der Waals surface area contributed by atoms with E-state index in [0.717, 1.165) is 12.1 Å². The molecule has 0 unspecified atom stereocenters. The molecule has 3 aromatic rings. The van der Waals surface area contributed by atoms with Crippen LogP contribution in [0.4, 0.5) is 13.2 Å². The number of ether oxygens (including phenoxy) is 1. The van der Waals surface area contributed by atoms with Crippen LogP contribution in [0.15, 0.2) is 77.7 Å². The number of alkyl halides is 3. The van der Waals surface area contributed by atoms with Crippen LogP contribution in [0.1, 0.15) is 46.4 Å². The molecule has 0 aliphatic heterocycles. The monoisotopic (exact) mass is 525 g/mol. The lowest BCUT2D eigenvalue weighted by molar-refractivity contribution is -0.137. The topological polar surface area (TPSA) is 63.7 Å². The predicted octanol–water partition coefficient (Wildman–Crippen LogP) is 6.49. The molecular formula is C25H23ClF3NO4S. The fourth-order valence-electron chi connectivity index (χ4n) is 3.65. The number of hydrogen-bond donors (Lipinski definition) is 0. The molecule has 5 nitrogen and oxygen atoms in total. The summed E-state index contributed by atoms with van der Waals surface area (Å²) in [6.45, 7) is 1.68. The molecule has 1 atom stereocenters. The number of sulfonamides is 1. The lowest BCUT2D eigenvalue weighted by Crippen LogP contribution is -2.34. The van der Waals surface area contributed by atoms with Crippen LogP contribution < -0.4 is 0 Å². The molecule has 0 spiro atoms. The maximum atomic E-state index is 13.7. The minimum absolute atomic E-state index is 0.00144. The Kier molecular flexibility index (Phi) is 8.25. The van der Waals surface area contributed by atoms with Gasteiger partial charge in [0.25, 0.3) is 0 Å². The van der Waals surface area contributed by atoms with E-state index in [4.69, 9.17) is 11.6 Å². The van der Waals surface area contributed by atoms with Gasteiger partial charge in [0.1, 0.15) is 0 Å². The second kappa shape index (κ2) is 10.8. The van der Waals surface area contributed by atoms with Crippen LogP contribution in [0.5, 0.6) is 0 Å². The summed E-state index contributed by atoms with van der Waals surface area (Å²) in [6, 6.07) is 15.6. The molecule has 0 aromatic heterocycles. The standard InChI is InChI=1S/C25H23ClF3NO4S/c1-3-23(18-8-10-20(11-9-18)25(27,28)29)30(35(32,33)22-14-12-21(26)13-15-22)16-17-4-6-19(7-5-17)24(31)34-2/h4-15,23H,3,16H2,1-2H3/t23-/m1/s1. The number of carbonyl (C=O) groups is 1. The Hall–Kier alpha value is -2.88. The van der Waals surface area contributed by atoms with Crippen molar-refractivity contribution < 1.29 is 31.1 Å². The first-order valence-corrected chi connectivity index (χ1v) is 12.4. The maximum Gasteiger partial charge on any atom is 0.416 e. The SMILES string of the molecule is CC[C@H](c1ccc(C(F)(F)F)cc1)N(Cc1ccc(C(=O)OC)cc1)S(=O)(=O)c1ccc(Cl)cc1. The fourth-order valence-corrected chi connectivity index (χ4v) is 5.45. The largest absolute Gasteiger partial charge is 0.465 e. The summed E-state index contributed by atoms with van der Waals surface area (Å²) in [5, 5.41) is 0.365. The van der Waals surface area contributed by atoms with E-state index in [1.807, 2.05) is 0 Å². The van der Waals surface area contributed by atoms with Crippen molar-refractivity contribution in [1.29, 1.82) is 0 Å². The van der Waals surface area contributed by atoms with Gasteiger partial charge in [0.2, 0.25) is 10.0 Å². The molecular weight excluding hydrogens is 503 g/mol. The third-order valence-corrected chi connectivity index (χ3v) is 7.61. The normalized spacial score (nSPS) is 13.0. The average Bonchev–Trinajstić information content (AvgIpc) is 2.84. The van der Waals surface area contributed by atoms with E-state index < -0.39 is 33.8 Å². The Morgan fingerprint density at radius 3 is 2.03 bits per heavy atom. The third-order valence-electron chi connectivity index (χ3n) is 5.49. The lowest BCUT2D eigenvalue weighted by atomic mass is 10.0. The molecule has 186 valence electrons. The third kappa shape index (κ3) is 6.22. The van der Waals surface area contributed by atoms with Crippen LogP contribution in [0, 0.1) is 0 Å². The Morgan fingerprint density at radius 2 is 1.54 bits per heavy atom. The van der Waals surface area contributed by atoms with Gasteiger partial charge in [-0.15, -0.1) is 0 Å². The molecule has 0 heterocycles. The molecule has 35 heavy (non-hydrogen) atoms. The van der Waals surface area contributed by atoms with Crippen LogP contribution in [0.2, 0.25) is 5.02 Å². The second-order valence-corrected chi connectivity index (χ2v) is 10.1. The van der Waals surface area contributed by atoms with Crippen molar-refractivity contribution >= 4 is 27.6 Å². The highest BCUT2D eigenvalue weighted by Crippen LogP contribution is 2.35. The summed E-state index contributed by atoms with van der Waals surface area (Å²) in [4.78, 5) is 11.7. The van der Waals surface area contributed by atoms with Gasteiger partial charge in [0.15, 0.2) is 0 Å². The highest BCUT2D eigenvalue weighted by molar-refractivity contribution is 7.89. The zero-order chi connectivity index (χ0) is 25.8. The fraction of sp³-hybridized carbons (Fsp3) is 0.240. The van der Waals surface area contributed by atoms with Crippen molar-refractivity contribution in [2.45, 2.75) is 37.0 Å². The Balaban J connectivity index is 2.05. The van der Waals surface area contributed by atoms with Gasteiger partial charge in [-0.3, -0.25) is 0 Å². The number of halogens is 4. The summed E-state index contributed by atoms with van der Waals surface area (Å²) in [5.74, 6) is -0.529. The zero-order valence-electron chi connectivity index (χ0n) is 18.9. The van der Waals surface area contributed by atoms with Gasteiger partial charge in [0.05, 0.1) is 29.2 Å². The Bertz CT molecular complexity index is 1260. The lowest BCUT2D eigenvalue weighted by Gasteiger charge is -2.31. The first-order chi connectivity index (χ1) is 16.5. The molecule has 0 aliphatic rings. The van der Waals surface area contributed by atoms with Crippen molar-refractivity contribution in [3.63, 3.8) is 0 Å².